The molecule has 1 aromatic heterocycles. The summed E-state index contributed by atoms with van der Waals surface area (Å²) >= 11 is 0. The van der Waals surface area contributed by atoms with Gasteiger partial charge in [0.05, 0.1) is 5.39 Å². The lowest BCUT2D eigenvalue weighted by molar-refractivity contribution is 0.614. The maximum atomic E-state index is 12.3. The summed E-state index contributed by atoms with van der Waals surface area (Å²) in [6.45, 7) is 17.8. The normalized spacial score (nSPS) is 8.35. The molecule has 0 aliphatic rings. The maximum absolute atomic E-state index is 12.3. The van der Waals surface area contributed by atoms with E-state index in [2.05, 4.69) is 0 Å². The van der Waals surface area contributed by atoms with Crippen molar-refractivity contribution in [2.24, 2.45) is 0 Å². The molecule has 0 radical (unpaired) electrons. The second-order valence-corrected chi connectivity index (χ2v) is 4.25. The zero-order chi connectivity index (χ0) is 20.5. The zero-order valence-corrected chi connectivity index (χ0v) is 18.0. The van der Waals surface area contributed by atoms with Crippen LogP contribution in [0.5, 0.6) is 0 Å². The monoisotopic (exact) mass is 356 g/mol. The highest BCUT2D eigenvalue weighted by Crippen LogP contribution is 2.24. The molecule has 0 saturated carbocycles. The highest BCUT2D eigenvalue weighted by atomic mass is 16.3. The first-order chi connectivity index (χ1) is 12.8. The average molecular weight is 357 g/mol. The first-order valence-electron chi connectivity index (χ1n) is 9.85. The molecule has 2 heteroatoms. The lowest BCUT2D eigenvalue weighted by Gasteiger charge is -2.06. The third kappa shape index (κ3) is 6.87. The molecule has 0 aliphatic heterocycles. The third-order valence-corrected chi connectivity index (χ3v) is 3.06. The first kappa shape index (κ1) is 25.9. The molecule has 0 N–H and O–H groups in total. The van der Waals surface area contributed by atoms with Crippen molar-refractivity contribution in [2.75, 3.05) is 0 Å². The number of rotatable bonds is 1. The van der Waals surface area contributed by atoms with Gasteiger partial charge in [0.15, 0.2) is 5.43 Å². The summed E-state index contributed by atoms with van der Waals surface area (Å²) in [5.74, 6) is 0.652. The zero-order valence-electron chi connectivity index (χ0n) is 18.0. The van der Waals surface area contributed by atoms with E-state index in [0.717, 1.165) is 5.56 Å². The van der Waals surface area contributed by atoms with E-state index in [-0.39, 0.29) is 5.43 Å². The molecule has 0 amide bonds. The maximum Gasteiger partial charge on any atom is 0.196 e. The van der Waals surface area contributed by atoms with Gasteiger partial charge in [0.2, 0.25) is 0 Å². The van der Waals surface area contributed by atoms with Gasteiger partial charge in [0.25, 0.3) is 0 Å². The lowest BCUT2D eigenvalue weighted by Crippen LogP contribution is -2.06. The van der Waals surface area contributed by atoms with Crippen LogP contribution in [0, 0.1) is 6.92 Å². The number of para-hydroxylation sites is 1. The summed E-state index contributed by atoms with van der Waals surface area (Å²) in [6.07, 6.45) is 0. The summed E-state index contributed by atoms with van der Waals surface area (Å²) in [5, 5.41) is 0.634. The SMILES string of the molecule is CC.CC.CC.CC.Cc1c(-c2ccccc2)oc2ccccc2c1=O. The minimum atomic E-state index is 0.0377. The van der Waals surface area contributed by atoms with Crippen LogP contribution in [-0.2, 0) is 0 Å². The van der Waals surface area contributed by atoms with Crippen LogP contribution in [0.1, 0.15) is 61.0 Å². The van der Waals surface area contributed by atoms with Gasteiger partial charge < -0.3 is 4.42 Å². The minimum absolute atomic E-state index is 0.0377. The van der Waals surface area contributed by atoms with Gasteiger partial charge in [-0.15, -0.1) is 0 Å². The molecule has 0 spiro atoms. The predicted octanol–water partition coefficient (Wildman–Crippen LogP) is 7.87. The summed E-state index contributed by atoms with van der Waals surface area (Å²) < 4.78 is 5.86. The smallest absolute Gasteiger partial charge is 0.196 e. The standard InChI is InChI=1S/C16H12O2.4C2H6/c1-11-15(17)13-9-5-6-10-14(13)18-16(11)12-7-3-2-4-8-12;4*1-2/h2-10H,1H3;4*1-2H3. The van der Waals surface area contributed by atoms with Crippen LogP contribution in [0.25, 0.3) is 22.3 Å². The van der Waals surface area contributed by atoms with Gasteiger partial charge in [-0.25, -0.2) is 0 Å². The predicted molar refractivity (Wildman–Crippen MR) is 118 cm³/mol. The molecule has 2 nitrogen and oxygen atoms in total. The van der Waals surface area contributed by atoms with Crippen LogP contribution in [0.2, 0.25) is 0 Å². The van der Waals surface area contributed by atoms with Crippen molar-refractivity contribution in [1.29, 1.82) is 0 Å². The van der Waals surface area contributed by atoms with Crippen LogP contribution < -0.4 is 5.43 Å². The van der Waals surface area contributed by atoms with Crippen LogP contribution in [0.15, 0.2) is 63.8 Å². The highest BCUT2D eigenvalue weighted by molar-refractivity contribution is 5.80. The van der Waals surface area contributed by atoms with Gasteiger partial charge in [-0.2, -0.15) is 0 Å². The molecule has 144 valence electrons. The van der Waals surface area contributed by atoms with Gasteiger partial charge in [0.1, 0.15) is 11.3 Å². The molecule has 0 fully saturated rings. The summed E-state index contributed by atoms with van der Waals surface area (Å²) in [7, 11) is 0. The van der Waals surface area contributed by atoms with E-state index in [1.54, 1.807) is 13.0 Å². The molecule has 3 aromatic rings. The van der Waals surface area contributed by atoms with Gasteiger partial charge >= 0.3 is 0 Å². The third-order valence-electron chi connectivity index (χ3n) is 3.06. The van der Waals surface area contributed by atoms with Crippen molar-refractivity contribution in [3.05, 3.63) is 70.4 Å². The van der Waals surface area contributed by atoms with Crippen molar-refractivity contribution in [1.82, 2.24) is 0 Å². The number of hydrogen-bond donors (Lipinski definition) is 0. The molecule has 1 heterocycles. The van der Waals surface area contributed by atoms with E-state index in [9.17, 15) is 4.79 Å². The average Bonchev–Trinajstić information content (AvgIpc) is 2.77. The Morgan fingerprint density at radius 1 is 0.654 bits per heavy atom. The van der Waals surface area contributed by atoms with Gasteiger partial charge in [-0.1, -0.05) is 97.9 Å². The Morgan fingerprint density at radius 2 is 1.12 bits per heavy atom. The first-order valence-corrected chi connectivity index (χ1v) is 9.85. The van der Waals surface area contributed by atoms with Crippen molar-refractivity contribution in [2.45, 2.75) is 62.3 Å². The van der Waals surface area contributed by atoms with E-state index in [1.165, 1.54) is 0 Å². The van der Waals surface area contributed by atoms with Gasteiger partial charge in [-0.05, 0) is 19.1 Å². The van der Waals surface area contributed by atoms with Crippen LogP contribution in [-0.4, -0.2) is 0 Å². The number of fused-ring (bicyclic) bond motifs is 1. The lowest BCUT2D eigenvalue weighted by atomic mass is 10.1. The summed E-state index contributed by atoms with van der Waals surface area (Å²) in [5.41, 5.74) is 2.25. The minimum Gasteiger partial charge on any atom is -0.456 e. The van der Waals surface area contributed by atoms with Crippen LogP contribution in [0.4, 0.5) is 0 Å². The van der Waals surface area contributed by atoms with Crippen molar-refractivity contribution in [3.63, 3.8) is 0 Å². The second kappa shape index (κ2) is 16.1. The van der Waals surface area contributed by atoms with Crippen molar-refractivity contribution >= 4 is 11.0 Å². The molecule has 3 rings (SSSR count). The molecule has 0 unspecified atom stereocenters. The molecule has 0 saturated heterocycles. The van der Waals surface area contributed by atoms with E-state index in [4.69, 9.17) is 4.42 Å². The van der Waals surface area contributed by atoms with Gasteiger partial charge in [0, 0.05) is 11.1 Å². The Bertz CT molecular complexity index is 756. The van der Waals surface area contributed by atoms with E-state index < -0.39 is 0 Å². The molecule has 26 heavy (non-hydrogen) atoms. The molecule has 0 bridgehead atoms. The number of benzene rings is 2. The topological polar surface area (TPSA) is 30.2 Å². The van der Waals surface area contributed by atoms with E-state index in [0.29, 0.717) is 22.3 Å². The molecule has 0 atom stereocenters. The molecular formula is C24H36O2. The summed E-state index contributed by atoms with van der Waals surface area (Å²) in [4.78, 5) is 12.3. The Kier molecular flexibility index (Phi) is 16.1. The van der Waals surface area contributed by atoms with Crippen LogP contribution >= 0.6 is 0 Å². The largest absolute Gasteiger partial charge is 0.456 e. The fourth-order valence-electron chi connectivity index (χ4n) is 2.10. The Morgan fingerprint density at radius 3 is 1.65 bits per heavy atom. The second-order valence-electron chi connectivity index (χ2n) is 4.25. The molecular weight excluding hydrogens is 320 g/mol. The fourth-order valence-corrected chi connectivity index (χ4v) is 2.10. The molecule has 2 aromatic carbocycles. The quantitative estimate of drug-likeness (QED) is 0.444. The van der Waals surface area contributed by atoms with Gasteiger partial charge in [-0.3, -0.25) is 4.79 Å². The molecule has 0 aliphatic carbocycles. The Labute approximate surface area is 159 Å². The van der Waals surface area contributed by atoms with E-state index >= 15 is 0 Å². The Hall–Kier alpha value is -2.35. The fraction of sp³-hybridized carbons (Fsp3) is 0.375. The summed E-state index contributed by atoms with van der Waals surface area (Å²) in [6, 6.07) is 17.0. The van der Waals surface area contributed by atoms with Crippen molar-refractivity contribution in [3.8, 4) is 11.3 Å². The number of hydrogen-bond acceptors (Lipinski definition) is 2. The highest BCUT2D eigenvalue weighted by Gasteiger charge is 2.11. The van der Waals surface area contributed by atoms with Crippen LogP contribution in [0.3, 0.4) is 0 Å². The Balaban J connectivity index is 0. The van der Waals surface area contributed by atoms with Crippen molar-refractivity contribution < 1.29 is 4.42 Å². The van der Waals surface area contributed by atoms with E-state index in [1.807, 2.05) is 104 Å².